The molecule has 0 aliphatic carbocycles. The lowest BCUT2D eigenvalue weighted by molar-refractivity contribution is -0.143. The second-order valence-corrected chi connectivity index (χ2v) is 26.0. The number of ether oxygens (including phenoxy) is 1. The molecule has 0 bridgehead atoms. The van der Waals surface area contributed by atoms with Crippen LogP contribution in [0.15, 0.2) is 12.2 Å². The van der Waals surface area contributed by atoms with E-state index in [1.54, 1.807) is 0 Å². The number of hydrogen-bond donors (Lipinski definition) is 3. The van der Waals surface area contributed by atoms with E-state index in [-0.39, 0.29) is 18.5 Å². The normalized spacial score (nSPS) is 12.5. The lowest BCUT2D eigenvalue weighted by atomic mass is 10.0. The van der Waals surface area contributed by atoms with Crippen LogP contribution in [0.2, 0.25) is 0 Å². The summed E-state index contributed by atoms with van der Waals surface area (Å²) in [6, 6.07) is -0.537. The second kappa shape index (κ2) is 71.1. The summed E-state index contributed by atoms with van der Waals surface area (Å²) in [4.78, 5) is 24.6. The van der Waals surface area contributed by atoms with Gasteiger partial charge >= 0.3 is 5.97 Å². The first-order valence-corrected chi connectivity index (χ1v) is 37.4. The van der Waals surface area contributed by atoms with Crippen molar-refractivity contribution in [2.24, 2.45) is 0 Å². The molecule has 0 saturated heterocycles. The molecule has 3 N–H and O–H groups in total. The fraction of sp³-hybridized carbons (Fsp3) is 0.947. The molecule has 0 radical (unpaired) electrons. The van der Waals surface area contributed by atoms with Gasteiger partial charge in [-0.1, -0.05) is 379 Å². The molecule has 6 heteroatoms. The van der Waals surface area contributed by atoms with Crippen molar-refractivity contribution < 1.29 is 24.5 Å². The number of aliphatic hydroxyl groups excluding tert-OH is 2. The first-order valence-electron chi connectivity index (χ1n) is 37.4. The molecular weight excluding hydrogens is 995 g/mol. The topological polar surface area (TPSA) is 95.9 Å². The molecule has 81 heavy (non-hydrogen) atoms. The number of hydrogen-bond acceptors (Lipinski definition) is 5. The summed E-state index contributed by atoms with van der Waals surface area (Å²) >= 11 is 0. The van der Waals surface area contributed by atoms with Crippen molar-refractivity contribution in [1.82, 2.24) is 5.32 Å². The van der Waals surface area contributed by atoms with E-state index < -0.39 is 12.1 Å². The number of carbonyl (C=O) groups is 2. The van der Waals surface area contributed by atoms with E-state index in [1.165, 1.54) is 360 Å². The Bertz CT molecular complexity index is 1220. The van der Waals surface area contributed by atoms with Gasteiger partial charge in [0, 0.05) is 12.8 Å². The van der Waals surface area contributed by atoms with E-state index in [1.807, 2.05) is 0 Å². The van der Waals surface area contributed by atoms with E-state index in [9.17, 15) is 19.8 Å². The smallest absolute Gasteiger partial charge is 0.305 e. The molecule has 0 aliphatic rings. The van der Waals surface area contributed by atoms with E-state index >= 15 is 0 Å². The number of nitrogens with one attached hydrogen (secondary N) is 1. The maximum atomic E-state index is 12.5. The Kier molecular flexibility index (Phi) is 69.9. The molecule has 0 saturated carbocycles. The summed E-state index contributed by atoms with van der Waals surface area (Å²) < 4.78 is 5.51. The first-order chi connectivity index (χ1) is 40.0. The average Bonchev–Trinajstić information content (AvgIpc) is 3.47. The van der Waals surface area contributed by atoms with Crippen molar-refractivity contribution >= 4 is 11.9 Å². The zero-order valence-corrected chi connectivity index (χ0v) is 55.3. The molecule has 0 heterocycles. The van der Waals surface area contributed by atoms with Crippen LogP contribution in [0.1, 0.15) is 431 Å². The Morgan fingerprint density at radius 1 is 0.333 bits per heavy atom. The molecule has 0 fully saturated rings. The lowest BCUT2D eigenvalue weighted by Crippen LogP contribution is -2.45. The van der Waals surface area contributed by atoms with Gasteiger partial charge in [0.05, 0.1) is 25.4 Å². The number of allylic oxidation sites excluding steroid dienone is 2. The van der Waals surface area contributed by atoms with Crippen molar-refractivity contribution in [2.45, 2.75) is 443 Å². The fourth-order valence-corrected chi connectivity index (χ4v) is 12.1. The van der Waals surface area contributed by atoms with Gasteiger partial charge in [0.2, 0.25) is 5.91 Å². The predicted octanol–water partition coefficient (Wildman–Crippen LogP) is 24.3. The molecule has 0 aromatic carbocycles. The Balaban J connectivity index is 3.30. The van der Waals surface area contributed by atoms with Gasteiger partial charge in [-0.05, 0) is 51.4 Å². The second-order valence-electron chi connectivity index (χ2n) is 26.0. The van der Waals surface area contributed by atoms with Crippen LogP contribution in [-0.4, -0.2) is 47.4 Å². The highest BCUT2D eigenvalue weighted by Crippen LogP contribution is 2.20. The number of amides is 1. The van der Waals surface area contributed by atoms with Crippen molar-refractivity contribution in [3.05, 3.63) is 12.2 Å². The van der Waals surface area contributed by atoms with Crippen molar-refractivity contribution in [3.63, 3.8) is 0 Å². The van der Waals surface area contributed by atoms with Gasteiger partial charge in [0.25, 0.3) is 0 Å². The minimum atomic E-state index is -0.660. The van der Waals surface area contributed by atoms with E-state index in [4.69, 9.17) is 4.74 Å². The monoisotopic (exact) mass is 1140 g/mol. The largest absolute Gasteiger partial charge is 0.466 e. The van der Waals surface area contributed by atoms with Gasteiger partial charge in [-0.25, -0.2) is 0 Å². The van der Waals surface area contributed by atoms with Gasteiger partial charge in [-0.15, -0.1) is 0 Å². The van der Waals surface area contributed by atoms with Crippen molar-refractivity contribution in [3.8, 4) is 0 Å². The zero-order valence-electron chi connectivity index (χ0n) is 55.3. The van der Waals surface area contributed by atoms with Gasteiger partial charge in [-0.2, -0.15) is 0 Å². The van der Waals surface area contributed by atoms with Gasteiger partial charge in [-0.3, -0.25) is 9.59 Å². The zero-order chi connectivity index (χ0) is 58.5. The van der Waals surface area contributed by atoms with Crippen LogP contribution in [0.3, 0.4) is 0 Å². The lowest BCUT2D eigenvalue weighted by Gasteiger charge is -2.22. The van der Waals surface area contributed by atoms with Crippen molar-refractivity contribution in [2.75, 3.05) is 13.2 Å². The third-order valence-electron chi connectivity index (χ3n) is 17.8. The van der Waals surface area contributed by atoms with Crippen LogP contribution >= 0.6 is 0 Å². The predicted molar refractivity (Wildman–Crippen MR) is 357 cm³/mol. The summed E-state index contributed by atoms with van der Waals surface area (Å²) in [6.45, 7) is 4.99. The highest BCUT2D eigenvalue weighted by molar-refractivity contribution is 5.76. The Morgan fingerprint density at radius 3 is 0.877 bits per heavy atom. The molecule has 2 atom stereocenters. The molecule has 0 aliphatic heterocycles. The Hall–Kier alpha value is -1.40. The molecule has 1 amide bonds. The Labute approximate surface area is 508 Å². The summed E-state index contributed by atoms with van der Waals surface area (Å²) in [5, 5.41) is 23.3. The summed E-state index contributed by atoms with van der Waals surface area (Å²) in [5.41, 5.74) is 0. The summed E-state index contributed by atoms with van der Waals surface area (Å²) in [6.07, 6.45) is 88.6. The molecule has 2 unspecified atom stereocenters. The molecule has 0 aromatic heterocycles. The SMILES string of the molecule is CCCCCCCC/C=C\CCCCCCCCCC(=O)OCCCCCCCCCCCCCCCCCCCCCCCCCCCCCCCCCCC(=O)NC(CO)C(O)CCCCCCCCCCCCCCCCC. The maximum Gasteiger partial charge on any atom is 0.305 e. The van der Waals surface area contributed by atoms with Gasteiger partial charge in [0.1, 0.15) is 0 Å². The van der Waals surface area contributed by atoms with E-state index in [0.29, 0.717) is 25.9 Å². The fourth-order valence-electron chi connectivity index (χ4n) is 12.1. The molecule has 6 nitrogen and oxygen atoms in total. The third kappa shape index (κ3) is 67.6. The minimum Gasteiger partial charge on any atom is -0.466 e. The number of unbranched alkanes of at least 4 members (excludes halogenated alkanes) is 58. The summed E-state index contributed by atoms with van der Waals surface area (Å²) in [7, 11) is 0. The van der Waals surface area contributed by atoms with Crippen LogP contribution in [0, 0.1) is 0 Å². The molecule has 0 rings (SSSR count). The van der Waals surface area contributed by atoms with E-state index in [0.717, 1.165) is 38.5 Å². The summed E-state index contributed by atoms with van der Waals surface area (Å²) in [5.74, 6) is -0.00787. The molecule has 482 valence electrons. The van der Waals surface area contributed by atoms with Crippen LogP contribution in [0.5, 0.6) is 0 Å². The maximum absolute atomic E-state index is 12.5. The molecular formula is C75H147NO5. The quantitative estimate of drug-likeness (QED) is 0.0320. The number of carbonyl (C=O) groups excluding carboxylic acids is 2. The highest BCUT2D eigenvalue weighted by Gasteiger charge is 2.20. The average molecular weight is 1140 g/mol. The van der Waals surface area contributed by atoms with Crippen LogP contribution in [-0.2, 0) is 14.3 Å². The van der Waals surface area contributed by atoms with Gasteiger partial charge in [0.15, 0.2) is 0 Å². The third-order valence-corrected chi connectivity index (χ3v) is 17.8. The number of esters is 1. The van der Waals surface area contributed by atoms with Crippen LogP contribution < -0.4 is 5.32 Å². The standard InChI is InChI=1S/C75H147NO5/c1-3-5-7-9-11-13-15-17-19-36-41-45-49-53-57-61-65-69-75(80)81-70-66-62-58-54-50-46-42-38-35-33-31-29-27-25-23-21-20-22-24-26-28-30-32-34-37-40-44-48-52-56-60-64-68-74(79)76-72(71-77)73(78)67-63-59-55-51-47-43-39-18-16-14-12-10-8-6-4-2/h17,19,72-73,77-78H,3-16,18,20-71H2,1-2H3,(H,76,79)/b19-17-. The van der Waals surface area contributed by atoms with Crippen LogP contribution in [0.25, 0.3) is 0 Å². The van der Waals surface area contributed by atoms with Crippen LogP contribution in [0.4, 0.5) is 0 Å². The molecule has 0 spiro atoms. The minimum absolute atomic E-state index is 0.0189. The Morgan fingerprint density at radius 2 is 0.580 bits per heavy atom. The van der Waals surface area contributed by atoms with Gasteiger partial charge < -0.3 is 20.3 Å². The first kappa shape index (κ1) is 79.6. The number of aliphatic hydroxyl groups is 2. The number of rotatable bonds is 71. The van der Waals surface area contributed by atoms with Crippen molar-refractivity contribution in [1.29, 1.82) is 0 Å². The van der Waals surface area contributed by atoms with E-state index in [2.05, 4.69) is 31.3 Å². The highest BCUT2D eigenvalue weighted by atomic mass is 16.5. The molecule has 0 aromatic rings.